The van der Waals surface area contributed by atoms with Crippen molar-refractivity contribution in [1.82, 2.24) is 15.1 Å². The van der Waals surface area contributed by atoms with Crippen LogP contribution in [0, 0.1) is 6.92 Å². The molecule has 3 N–H and O–H groups in total. The van der Waals surface area contributed by atoms with E-state index in [1.807, 2.05) is 18.2 Å². The summed E-state index contributed by atoms with van der Waals surface area (Å²) in [4.78, 5) is 8.55. The van der Waals surface area contributed by atoms with Gasteiger partial charge in [-0.3, -0.25) is 4.98 Å². The van der Waals surface area contributed by atoms with Gasteiger partial charge in [-0.2, -0.15) is 4.98 Å². The quantitative estimate of drug-likeness (QED) is 0.716. The second-order valence-electron chi connectivity index (χ2n) is 4.34. The molecule has 2 heterocycles. The SMILES string of the molecule is Cc1nc(CNc2ccc(N)c3cc(Br)cnc23)no1. The third-order valence-corrected chi connectivity index (χ3v) is 3.29. The third kappa shape index (κ3) is 2.44. The van der Waals surface area contributed by atoms with E-state index >= 15 is 0 Å². The maximum atomic E-state index is 5.98. The van der Waals surface area contributed by atoms with Gasteiger partial charge in [0.05, 0.1) is 17.7 Å². The second-order valence-corrected chi connectivity index (χ2v) is 5.25. The summed E-state index contributed by atoms with van der Waals surface area (Å²) in [6, 6.07) is 5.69. The van der Waals surface area contributed by atoms with Gasteiger partial charge in [-0.15, -0.1) is 0 Å². The van der Waals surface area contributed by atoms with E-state index in [4.69, 9.17) is 10.3 Å². The maximum Gasteiger partial charge on any atom is 0.223 e. The lowest BCUT2D eigenvalue weighted by Crippen LogP contribution is -2.03. The molecule has 2 aromatic heterocycles. The normalized spacial score (nSPS) is 10.9. The van der Waals surface area contributed by atoms with Gasteiger partial charge in [0.1, 0.15) is 0 Å². The zero-order valence-corrected chi connectivity index (χ0v) is 12.3. The van der Waals surface area contributed by atoms with Crippen molar-refractivity contribution >= 4 is 38.2 Å². The highest BCUT2D eigenvalue weighted by Gasteiger charge is 2.08. The highest BCUT2D eigenvalue weighted by molar-refractivity contribution is 9.10. The molecule has 0 radical (unpaired) electrons. The van der Waals surface area contributed by atoms with Gasteiger partial charge in [0.25, 0.3) is 0 Å². The Hall–Kier alpha value is -2.15. The number of fused-ring (bicyclic) bond motifs is 1. The first kappa shape index (κ1) is 12.9. The number of anilines is 2. The molecule has 0 fully saturated rings. The topological polar surface area (TPSA) is 89.9 Å². The predicted octanol–water partition coefficient (Wildman–Crippen LogP) is 2.88. The fourth-order valence-electron chi connectivity index (χ4n) is 1.95. The molecule has 3 aromatic rings. The molecular formula is C13H12BrN5O. The van der Waals surface area contributed by atoms with Crippen molar-refractivity contribution in [1.29, 1.82) is 0 Å². The molecule has 3 rings (SSSR count). The average molecular weight is 334 g/mol. The van der Waals surface area contributed by atoms with E-state index in [0.717, 1.165) is 21.1 Å². The first-order valence-corrected chi connectivity index (χ1v) is 6.79. The van der Waals surface area contributed by atoms with Crippen molar-refractivity contribution in [2.75, 3.05) is 11.1 Å². The summed E-state index contributed by atoms with van der Waals surface area (Å²) >= 11 is 3.40. The molecule has 0 saturated carbocycles. The number of nitrogens with zero attached hydrogens (tertiary/aromatic N) is 3. The molecular weight excluding hydrogens is 322 g/mol. The summed E-state index contributed by atoms with van der Waals surface area (Å²) in [5.74, 6) is 1.15. The van der Waals surface area contributed by atoms with Crippen molar-refractivity contribution in [2.45, 2.75) is 13.5 Å². The summed E-state index contributed by atoms with van der Waals surface area (Å²) in [5, 5.41) is 7.98. The fourth-order valence-corrected chi connectivity index (χ4v) is 2.28. The number of hydrogen-bond donors (Lipinski definition) is 2. The minimum absolute atomic E-state index is 0.466. The molecule has 0 unspecified atom stereocenters. The van der Waals surface area contributed by atoms with Crippen LogP contribution in [-0.4, -0.2) is 15.1 Å². The molecule has 0 amide bonds. The van der Waals surface area contributed by atoms with Gasteiger partial charge >= 0.3 is 0 Å². The molecule has 7 heteroatoms. The Morgan fingerprint density at radius 3 is 3.00 bits per heavy atom. The van der Waals surface area contributed by atoms with E-state index in [1.165, 1.54) is 0 Å². The Labute approximate surface area is 123 Å². The van der Waals surface area contributed by atoms with Crippen LogP contribution in [0.15, 0.2) is 33.4 Å². The third-order valence-electron chi connectivity index (χ3n) is 2.86. The largest absolute Gasteiger partial charge is 0.398 e. The van der Waals surface area contributed by atoms with Gasteiger partial charge < -0.3 is 15.6 Å². The lowest BCUT2D eigenvalue weighted by molar-refractivity contribution is 0.388. The predicted molar refractivity (Wildman–Crippen MR) is 80.2 cm³/mol. The maximum absolute atomic E-state index is 5.98. The summed E-state index contributed by atoms with van der Waals surface area (Å²) < 4.78 is 5.82. The summed E-state index contributed by atoms with van der Waals surface area (Å²) in [6.45, 7) is 2.22. The van der Waals surface area contributed by atoms with Crippen molar-refractivity contribution in [3.63, 3.8) is 0 Å². The van der Waals surface area contributed by atoms with Crippen LogP contribution in [0.2, 0.25) is 0 Å². The van der Waals surface area contributed by atoms with Crippen LogP contribution in [-0.2, 0) is 6.54 Å². The number of halogens is 1. The lowest BCUT2D eigenvalue weighted by Gasteiger charge is -2.09. The van der Waals surface area contributed by atoms with Gasteiger partial charge in [-0.25, -0.2) is 0 Å². The fraction of sp³-hybridized carbons (Fsp3) is 0.154. The Morgan fingerprint density at radius 2 is 2.25 bits per heavy atom. The highest BCUT2D eigenvalue weighted by Crippen LogP contribution is 2.28. The van der Waals surface area contributed by atoms with Crippen LogP contribution in [0.4, 0.5) is 11.4 Å². The van der Waals surface area contributed by atoms with E-state index in [2.05, 4.69) is 36.4 Å². The van der Waals surface area contributed by atoms with E-state index in [9.17, 15) is 0 Å². The minimum Gasteiger partial charge on any atom is -0.398 e. The average Bonchev–Trinajstić information content (AvgIpc) is 2.84. The standard InChI is InChI=1S/C13H12BrN5O/c1-7-18-12(19-20-7)6-16-11-3-2-10(15)9-4-8(14)5-17-13(9)11/h2-5,16H,6,15H2,1H3. The number of benzene rings is 1. The first-order valence-electron chi connectivity index (χ1n) is 6.00. The number of rotatable bonds is 3. The van der Waals surface area contributed by atoms with Crippen LogP contribution in [0.25, 0.3) is 10.9 Å². The number of aryl methyl sites for hydroxylation is 1. The Balaban J connectivity index is 1.93. The van der Waals surface area contributed by atoms with Crippen LogP contribution in [0.1, 0.15) is 11.7 Å². The summed E-state index contributed by atoms with van der Waals surface area (Å²) in [5.41, 5.74) is 8.36. The highest BCUT2D eigenvalue weighted by atomic mass is 79.9. The Kier molecular flexibility index (Phi) is 3.27. The van der Waals surface area contributed by atoms with Crippen molar-refractivity contribution in [3.8, 4) is 0 Å². The first-order chi connectivity index (χ1) is 9.63. The number of nitrogens with one attached hydrogen (secondary N) is 1. The summed E-state index contributed by atoms with van der Waals surface area (Å²) in [6.07, 6.45) is 1.74. The van der Waals surface area contributed by atoms with Gasteiger partial charge in [0.15, 0.2) is 5.82 Å². The molecule has 102 valence electrons. The molecule has 1 aromatic carbocycles. The Bertz CT molecular complexity index is 771. The molecule has 20 heavy (non-hydrogen) atoms. The molecule has 6 nitrogen and oxygen atoms in total. The number of pyridine rings is 1. The van der Waals surface area contributed by atoms with Crippen LogP contribution in [0.5, 0.6) is 0 Å². The molecule has 0 atom stereocenters. The van der Waals surface area contributed by atoms with E-state index in [0.29, 0.717) is 23.9 Å². The number of aromatic nitrogens is 3. The number of nitrogen functional groups attached to an aromatic ring is 1. The second kappa shape index (κ2) is 5.09. The van der Waals surface area contributed by atoms with Crippen LogP contribution >= 0.6 is 15.9 Å². The van der Waals surface area contributed by atoms with Crippen molar-refractivity contribution in [2.24, 2.45) is 0 Å². The van der Waals surface area contributed by atoms with E-state index in [1.54, 1.807) is 13.1 Å². The molecule has 0 aliphatic heterocycles. The summed E-state index contributed by atoms with van der Waals surface area (Å²) in [7, 11) is 0. The van der Waals surface area contributed by atoms with Crippen LogP contribution in [0.3, 0.4) is 0 Å². The van der Waals surface area contributed by atoms with Gasteiger partial charge in [0.2, 0.25) is 5.89 Å². The zero-order valence-electron chi connectivity index (χ0n) is 10.7. The number of nitrogens with two attached hydrogens (primary N) is 1. The van der Waals surface area contributed by atoms with Gasteiger partial charge in [-0.1, -0.05) is 5.16 Å². The van der Waals surface area contributed by atoms with Crippen LogP contribution < -0.4 is 11.1 Å². The minimum atomic E-state index is 0.466. The van der Waals surface area contributed by atoms with Crippen molar-refractivity contribution in [3.05, 3.63) is 40.6 Å². The molecule has 0 aliphatic carbocycles. The van der Waals surface area contributed by atoms with Crippen molar-refractivity contribution < 1.29 is 4.52 Å². The molecule has 0 spiro atoms. The lowest BCUT2D eigenvalue weighted by atomic mass is 10.1. The molecule has 0 saturated heterocycles. The van der Waals surface area contributed by atoms with Gasteiger partial charge in [0, 0.05) is 28.7 Å². The molecule has 0 bridgehead atoms. The molecule has 0 aliphatic rings. The van der Waals surface area contributed by atoms with E-state index < -0.39 is 0 Å². The van der Waals surface area contributed by atoms with E-state index in [-0.39, 0.29) is 0 Å². The van der Waals surface area contributed by atoms with Gasteiger partial charge in [-0.05, 0) is 34.1 Å². The zero-order chi connectivity index (χ0) is 14.1. The monoisotopic (exact) mass is 333 g/mol. The smallest absolute Gasteiger partial charge is 0.223 e. The number of hydrogen-bond acceptors (Lipinski definition) is 6. The Morgan fingerprint density at radius 1 is 1.40 bits per heavy atom.